The number of nitrogens with one attached hydrogen (secondary N) is 1. The number of hydrogen-bond acceptors (Lipinski definition) is 4. The Bertz CT molecular complexity index is 864. The van der Waals surface area contributed by atoms with Gasteiger partial charge in [0.05, 0.1) is 5.69 Å². The van der Waals surface area contributed by atoms with Crippen molar-refractivity contribution in [1.29, 1.82) is 0 Å². The maximum absolute atomic E-state index is 12.1. The van der Waals surface area contributed by atoms with E-state index in [0.29, 0.717) is 27.7 Å². The summed E-state index contributed by atoms with van der Waals surface area (Å²) in [5.74, 6) is 0.0245. The summed E-state index contributed by atoms with van der Waals surface area (Å²) in [6.07, 6.45) is 0.156. The summed E-state index contributed by atoms with van der Waals surface area (Å²) in [6, 6.07) is 11.6. The molecule has 7 heteroatoms. The van der Waals surface area contributed by atoms with Gasteiger partial charge in [0, 0.05) is 36.2 Å². The highest BCUT2D eigenvalue weighted by Gasteiger charge is 2.22. The van der Waals surface area contributed by atoms with Crippen LogP contribution in [0.1, 0.15) is 23.2 Å². The van der Waals surface area contributed by atoms with Gasteiger partial charge in [-0.25, -0.2) is 0 Å². The molecule has 0 atom stereocenters. The number of fused-ring (bicyclic) bond motifs is 1. The maximum atomic E-state index is 12.1. The number of anilines is 2. The number of Topliss-reactive ketones (excluding diaryl/α,β-unsaturated/α-hetero) is 1. The lowest BCUT2D eigenvalue weighted by Gasteiger charge is -2.26. The number of halogens is 1. The van der Waals surface area contributed by atoms with Gasteiger partial charge in [0.25, 0.3) is 5.91 Å². The quantitative estimate of drug-likeness (QED) is 0.817. The molecule has 3 rings (SSSR count). The summed E-state index contributed by atoms with van der Waals surface area (Å²) >= 11 is 5.80. The van der Waals surface area contributed by atoms with Gasteiger partial charge < -0.3 is 15.0 Å². The summed E-state index contributed by atoms with van der Waals surface area (Å²) in [5, 5.41) is 3.29. The molecule has 0 aliphatic carbocycles. The molecule has 1 heterocycles. The van der Waals surface area contributed by atoms with Gasteiger partial charge in [-0.3, -0.25) is 14.4 Å². The van der Waals surface area contributed by atoms with E-state index < -0.39 is 0 Å². The minimum absolute atomic E-state index is 0.00200. The zero-order chi connectivity index (χ0) is 18.7. The molecule has 2 amide bonds. The van der Waals surface area contributed by atoms with E-state index in [9.17, 15) is 14.4 Å². The van der Waals surface area contributed by atoms with E-state index in [2.05, 4.69) is 5.32 Å². The second kappa shape index (κ2) is 7.58. The third-order valence-electron chi connectivity index (χ3n) is 4.07. The van der Waals surface area contributed by atoms with Crippen molar-refractivity contribution in [3.05, 3.63) is 53.1 Å². The molecule has 1 N–H and O–H groups in total. The predicted octanol–water partition coefficient (Wildman–Crippen LogP) is 3.30. The summed E-state index contributed by atoms with van der Waals surface area (Å²) in [7, 11) is 1.65. The molecule has 134 valence electrons. The molecule has 0 fully saturated rings. The van der Waals surface area contributed by atoms with Crippen LogP contribution in [-0.4, -0.2) is 31.3 Å². The van der Waals surface area contributed by atoms with Crippen LogP contribution < -0.4 is 15.0 Å². The molecule has 2 aromatic rings. The van der Waals surface area contributed by atoms with Crippen molar-refractivity contribution in [2.45, 2.75) is 12.8 Å². The molecule has 0 saturated heterocycles. The van der Waals surface area contributed by atoms with E-state index in [0.717, 1.165) is 0 Å². The highest BCUT2D eigenvalue weighted by atomic mass is 35.5. The van der Waals surface area contributed by atoms with Crippen LogP contribution in [0.4, 0.5) is 11.4 Å². The Morgan fingerprint density at radius 3 is 2.62 bits per heavy atom. The average Bonchev–Trinajstić information content (AvgIpc) is 2.64. The Morgan fingerprint density at radius 2 is 1.88 bits per heavy atom. The first kappa shape index (κ1) is 17.9. The molecule has 1 aliphatic rings. The molecule has 0 bridgehead atoms. The van der Waals surface area contributed by atoms with Crippen molar-refractivity contribution in [2.24, 2.45) is 0 Å². The van der Waals surface area contributed by atoms with Crippen LogP contribution >= 0.6 is 11.6 Å². The lowest BCUT2D eigenvalue weighted by atomic mass is 10.1. The minimum atomic E-state index is -0.280. The van der Waals surface area contributed by atoms with E-state index in [-0.39, 0.29) is 37.0 Å². The zero-order valence-corrected chi connectivity index (χ0v) is 14.9. The second-order valence-corrected chi connectivity index (χ2v) is 6.34. The van der Waals surface area contributed by atoms with E-state index in [4.69, 9.17) is 16.3 Å². The van der Waals surface area contributed by atoms with Gasteiger partial charge in [-0.15, -0.1) is 0 Å². The van der Waals surface area contributed by atoms with Gasteiger partial charge in [-0.05, 0) is 42.5 Å². The molecule has 0 saturated carbocycles. The standard InChI is InChI=1S/C19H17ClN2O4/c1-22-15-10-14(6-8-17(15)26-11-19(22)25)21-18(24)9-7-16(23)12-2-4-13(20)5-3-12/h2-6,8,10H,7,9,11H2,1H3,(H,21,24). The fourth-order valence-corrected chi connectivity index (χ4v) is 2.71. The summed E-state index contributed by atoms with van der Waals surface area (Å²) < 4.78 is 5.34. The van der Waals surface area contributed by atoms with Gasteiger partial charge in [-0.2, -0.15) is 0 Å². The summed E-state index contributed by atoms with van der Waals surface area (Å²) in [6.45, 7) is 0.00200. The Kier molecular flexibility index (Phi) is 5.23. The number of likely N-dealkylation sites (N-methyl/N-ethyl adjacent to an activating group) is 1. The van der Waals surface area contributed by atoms with Crippen LogP contribution in [0.2, 0.25) is 5.02 Å². The maximum Gasteiger partial charge on any atom is 0.264 e. The Labute approximate surface area is 155 Å². The van der Waals surface area contributed by atoms with Crippen molar-refractivity contribution in [3.63, 3.8) is 0 Å². The van der Waals surface area contributed by atoms with Crippen LogP contribution in [0.15, 0.2) is 42.5 Å². The number of ether oxygens (including phenoxy) is 1. The van der Waals surface area contributed by atoms with Crippen LogP contribution in [0, 0.1) is 0 Å². The predicted molar refractivity (Wildman–Crippen MR) is 99.0 cm³/mol. The van der Waals surface area contributed by atoms with Gasteiger partial charge in [0.15, 0.2) is 12.4 Å². The number of carbonyl (C=O) groups excluding carboxylic acids is 3. The third kappa shape index (κ3) is 4.03. The first-order valence-corrected chi connectivity index (χ1v) is 8.44. The van der Waals surface area contributed by atoms with Gasteiger partial charge in [0.2, 0.25) is 5.91 Å². The monoisotopic (exact) mass is 372 g/mol. The summed E-state index contributed by atoms with van der Waals surface area (Å²) in [5.41, 5.74) is 1.65. The van der Waals surface area contributed by atoms with Crippen LogP contribution in [-0.2, 0) is 9.59 Å². The van der Waals surface area contributed by atoms with Crippen LogP contribution in [0.5, 0.6) is 5.75 Å². The number of rotatable bonds is 5. The lowest BCUT2D eigenvalue weighted by molar-refractivity contribution is -0.121. The first-order chi connectivity index (χ1) is 12.4. The molecule has 0 aromatic heterocycles. The molecular formula is C19H17ClN2O4. The Balaban J connectivity index is 1.59. The highest BCUT2D eigenvalue weighted by Crippen LogP contribution is 2.33. The normalized spacial score (nSPS) is 13.0. The largest absolute Gasteiger partial charge is 0.482 e. The molecule has 6 nitrogen and oxygen atoms in total. The van der Waals surface area contributed by atoms with Crippen molar-refractivity contribution in [1.82, 2.24) is 0 Å². The number of nitrogens with zero attached hydrogens (tertiary/aromatic N) is 1. The average molecular weight is 373 g/mol. The van der Waals surface area contributed by atoms with Crippen LogP contribution in [0.3, 0.4) is 0 Å². The highest BCUT2D eigenvalue weighted by molar-refractivity contribution is 6.30. The van der Waals surface area contributed by atoms with E-state index in [1.54, 1.807) is 49.5 Å². The van der Waals surface area contributed by atoms with Crippen molar-refractivity contribution in [3.8, 4) is 5.75 Å². The molecule has 26 heavy (non-hydrogen) atoms. The molecular weight excluding hydrogens is 356 g/mol. The summed E-state index contributed by atoms with van der Waals surface area (Å²) in [4.78, 5) is 37.4. The number of ketones is 1. The van der Waals surface area contributed by atoms with E-state index in [1.807, 2.05) is 0 Å². The zero-order valence-electron chi connectivity index (χ0n) is 14.1. The fourth-order valence-electron chi connectivity index (χ4n) is 2.58. The minimum Gasteiger partial charge on any atom is -0.482 e. The van der Waals surface area contributed by atoms with Crippen molar-refractivity contribution in [2.75, 3.05) is 23.9 Å². The number of benzene rings is 2. The van der Waals surface area contributed by atoms with E-state index >= 15 is 0 Å². The van der Waals surface area contributed by atoms with Crippen molar-refractivity contribution < 1.29 is 19.1 Å². The van der Waals surface area contributed by atoms with Crippen LogP contribution in [0.25, 0.3) is 0 Å². The molecule has 2 aromatic carbocycles. The van der Waals surface area contributed by atoms with Gasteiger partial charge >= 0.3 is 0 Å². The first-order valence-electron chi connectivity index (χ1n) is 8.06. The Hall–Kier alpha value is -2.86. The van der Waals surface area contributed by atoms with E-state index in [1.165, 1.54) is 4.90 Å². The Morgan fingerprint density at radius 1 is 1.15 bits per heavy atom. The SMILES string of the molecule is CN1C(=O)COc2ccc(NC(=O)CCC(=O)c3ccc(Cl)cc3)cc21. The molecule has 1 aliphatic heterocycles. The number of hydrogen-bond donors (Lipinski definition) is 1. The number of amides is 2. The third-order valence-corrected chi connectivity index (χ3v) is 4.33. The fraction of sp³-hybridized carbons (Fsp3) is 0.211. The lowest BCUT2D eigenvalue weighted by Crippen LogP contribution is -2.35. The number of carbonyl (C=O) groups is 3. The topological polar surface area (TPSA) is 75.7 Å². The molecule has 0 radical (unpaired) electrons. The second-order valence-electron chi connectivity index (χ2n) is 5.90. The molecule has 0 spiro atoms. The van der Waals surface area contributed by atoms with Gasteiger partial charge in [-0.1, -0.05) is 11.6 Å². The van der Waals surface area contributed by atoms with Gasteiger partial charge in [0.1, 0.15) is 5.75 Å². The smallest absolute Gasteiger partial charge is 0.264 e. The molecule has 0 unspecified atom stereocenters. The van der Waals surface area contributed by atoms with Crippen molar-refractivity contribution >= 4 is 40.6 Å².